The molecule has 0 aliphatic heterocycles. The Kier molecular flexibility index (Phi) is 18.9. The molecule has 6 aromatic rings. The van der Waals surface area contributed by atoms with E-state index in [0.717, 1.165) is 54.8 Å². The van der Waals surface area contributed by atoms with E-state index in [1.807, 2.05) is 36.4 Å². The van der Waals surface area contributed by atoms with Gasteiger partial charge in [0, 0.05) is 46.0 Å². The summed E-state index contributed by atoms with van der Waals surface area (Å²) in [4.78, 5) is 47.5. The number of imidazole rings is 2. The van der Waals surface area contributed by atoms with Crippen LogP contribution in [-0.2, 0) is 54.7 Å². The van der Waals surface area contributed by atoms with Crippen molar-refractivity contribution in [3.63, 3.8) is 0 Å². The summed E-state index contributed by atoms with van der Waals surface area (Å²) in [6.45, 7) is 4.62. The molecule has 2 saturated carbocycles. The molecule has 0 radical (unpaired) electrons. The number of hydrogen-bond donors (Lipinski definition) is 5. The monoisotopic (exact) mass is 1010 g/mol. The van der Waals surface area contributed by atoms with E-state index in [1.54, 1.807) is 18.8 Å². The van der Waals surface area contributed by atoms with Gasteiger partial charge in [-0.25, -0.2) is 26.4 Å². The number of nitrogens with zero attached hydrogens (tertiary/aromatic N) is 7. The van der Waals surface area contributed by atoms with E-state index in [0.29, 0.717) is 67.7 Å². The van der Waals surface area contributed by atoms with Crippen molar-refractivity contribution in [2.24, 2.45) is 11.8 Å². The highest BCUT2D eigenvalue weighted by Crippen LogP contribution is 2.31. The van der Waals surface area contributed by atoms with Gasteiger partial charge in [-0.2, -0.15) is 24.2 Å². The van der Waals surface area contributed by atoms with Gasteiger partial charge in [-0.15, -0.1) is 0 Å². The van der Waals surface area contributed by atoms with Gasteiger partial charge in [0.1, 0.15) is 24.2 Å². The van der Waals surface area contributed by atoms with Gasteiger partial charge in [0.2, 0.25) is 19.1 Å². The first-order valence-corrected chi connectivity index (χ1v) is 25.9. The van der Waals surface area contributed by atoms with E-state index in [2.05, 4.69) is 58.0 Å². The van der Waals surface area contributed by atoms with Gasteiger partial charge < -0.3 is 45.7 Å². The molecule has 25 heteroatoms. The number of anilines is 2. The summed E-state index contributed by atoms with van der Waals surface area (Å²) in [6.07, 6.45) is 6.96. The molecule has 0 atom stereocenters. The lowest BCUT2D eigenvalue weighted by Crippen LogP contribution is -2.31. The first-order chi connectivity index (χ1) is 31.9. The second-order valence-electron chi connectivity index (χ2n) is 16.3. The van der Waals surface area contributed by atoms with Gasteiger partial charge in [0.15, 0.2) is 22.9 Å². The molecular weight excluding hydrogens is 944 g/mol. The van der Waals surface area contributed by atoms with Crippen LogP contribution in [0.25, 0.3) is 22.3 Å². The van der Waals surface area contributed by atoms with Crippen molar-refractivity contribution in [1.82, 2.24) is 48.7 Å². The first-order valence-electron chi connectivity index (χ1n) is 21.3. The number of methoxy groups -OCH3 is 2. The summed E-state index contributed by atoms with van der Waals surface area (Å²) < 4.78 is 68.6. The summed E-state index contributed by atoms with van der Waals surface area (Å²) in [7, 11) is 1.13. The molecule has 0 saturated heterocycles. The number of fused-ring (bicyclic) bond motifs is 2. The number of ether oxygens (including phenoxy) is 4. The van der Waals surface area contributed by atoms with Crippen LogP contribution < -0.4 is 37.6 Å². The number of hydrogen-bond acceptors (Lipinski definition) is 17. The van der Waals surface area contributed by atoms with Gasteiger partial charge in [-0.05, 0) is 66.3 Å². The Labute approximate surface area is 400 Å². The minimum Gasteiger partial charge on any atom is -0.461 e. The van der Waals surface area contributed by atoms with Crippen molar-refractivity contribution in [3.8, 4) is 12.0 Å². The van der Waals surface area contributed by atoms with Crippen molar-refractivity contribution in [1.29, 1.82) is 0 Å². The van der Waals surface area contributed by atoms with Gasteiger partial charge in [0.05, 0.1) is 38.8 Å². The predicted octanol–water partition coefficient (Wildman–Crippen LogP) is 3.29. The van der Waals surface area contributed by atoms with Crippen LogP contribution >= 0.6 is 10.7 Å². The fraction of sp³-hybridized carbons (Fsp3) is 0.488. The number of halogens is 1. The Bertz CT molecular complexity index is 2970. The second kappa shape index (κ2) is 24.1. The zero-order valence-electron chi connectivity index (χ0n) is 37.7. The fourth-order valence-electron chi connectivity index (χ4n) is 6.80. The molecule has 7 N–H and O–H groups in total. The lowest BCUT2D eigenvalue weighted by atomic mass is 10.1. The fourth-order valence-corrected chi connectivity index (χ4v) is 7.66. The smallest absolute Gasteiger partial charge is 0.328 e. The average Bonchev–Trinajstić information content (AvgIpc) is 4.20. The molecule has 8 rings (SSSR count). The maximum atomic E-state index is 12.6. The topological polar surface area (TPSA) is 300 Å². The number of aromatic amines is 2. The number of nitrogen functional groups attached to an aromatic ring is 2. The quantitative estimate of drug-likeness (QED) is 0.0510. The minimum absolute atomic E-state index is 0. The molecule has 0 unspecified atom stereocenters. The van der Waals surface area contributed by atoms with Crippen LogP contribution in [0.15, 0.2) is 58.1 Å². The average molecular weight is 1010 g/mol. The maximum Gasteiger partial charge on any atom is 0.328 e. The molecule has 0 bridgehead atoms. The van der Waals surface area contributed by atoms with E-state index < -0.39 is 19.1 Å². The number of aromatic nitrogens is 8. The van der Waals surface area contributed by atoms with E-state index in [1.165, 1.54) is 33.5 Å². The summed E-state index contributed by atoms with van der Waals surface area (Å²) in [6, 6.07) is 15.9. The van der Waals surface area contributed by atoms with Gasteiger partial charge in [-0.1, -0.05) is 56.0 Å². The predicted molar refractivity (Wildman–Crippen MR) is 263 cm³/mol. The number of nitrogens with one attached hydrogen (secondary N) is 3. The van der Waals surface area contributed by atoms with Crippen LogP contribution in [-0.4, -0.2) is 126 Å². The largest absolute Gasteiger partial charge is 0.461 e. The highest BCUT2D eigenvalue weighted by molar-refractivity contribution is 8.13. The Hall–Kier alpha value is -5.63. The van der Waals surface area contributed by atoms with E-state index in [4.69, 9.17) is 30.4 Å². The molecule has 2 aliphatic rings. The summed E-state index contributed by atoms with van der Waals surface area (Å²) in [5.41, 5.74) is 16.7. The van der Waals surface area contributed by atoms with E-state index in [-0.39, 0.29) is 57.0 Å². The normalized spacial score (nSPS) is 13.7. The standard InChI is InChI=1S/C21H28N6O5S.C20H26N6O3.CH3ClO2S.CH4.H2/c1-31-8-9-32-20-24-18(22)17-19(25-20)27(21(28)23-17)13-16-5-3-4-15(10-16)12-26(33(2,29)30)11-14-6-7-14;1-28-7-8-29-19-24-17(21)16-18(25-19)26(20(27)23-16)12-15-4-2-3-14(9-15)11-22-10-13-5-6-13;1-5(2,3)4;;/h3-5,10,14H,6-9,11-13H2,1-2H3,(H,23,28)(H2,22,24,25);2-4,9,13,22H,5-8,10-12H2,1H3,(H,23,27)(H2,21,24,25);1H3;1H4;1H/i;;;;1+1. The van der Waals surface area contributed by atoms with E-state index in [9.17, 15) is 26.4 Å². The SMILES string of the molecule is C.COCCOc1nc(N)c2[nH]c(=O)n(Cc3cccc(CN(CC4CC4)S(C)(=O)=O)c3)c2n1.COCCOc1nc(N)c2[nH]c(=O)n(Cc3cccc(CNCC4CC4)c3)c2n1.CS(=O)(=O)Cl.[2HH]. The molecule has 68 heavy (non-hydrogen) atoms. The highest BCUT2D eigenvalue weighted by Gasteiger charge is 2.28. The number of H-pyrrole nitrogens is 2. The molecule has 2 fully saturated rings. The molecule has 4 aromatic heterocycles. The molecular formula is C43H63ClN12O10S2. The molecule has 0 spiro atoms. The van der Waals surface area contributed by atoms with Crippen molar-refractivity contribution in [2.75, 3.05) is 77.7 Å². The summed E-state index contributed by atoms with van der Waals surface area (Å²) >= 11 is 0. The zero-order valence-corrected chi connectivity index (χ0v) is 40.1. The zero-order chi connectivity index (χ0) is 48.3. The lowest BCUT2D eigenvalue weighted by molar-refractivity contribution is 0.141. The van der Waals surface area contributed by atoms with Crippen LogP contribution in [0.1, 0.15) is 56.8 Å². The molecule has 2 aromatic carbocycles. The molecule has 2 aliphatic carbocycles. The van der Waals surface area contributed by atoms with Gasteiger partial charge in [0.25, 0.3) is 0 Å². The van der Waals surface area contributed by atoms with Crippen LogP contribution in [0.5, 0.6) is 12.0 Å². The maximum absolute atomic E-state index is 12.6. The summed E-state index contributed by atoms with van der Waals surface area (Å²) in [5, 5.41) is 3.49. The Morgan fingerprint density at radius 3 is 1.62 bits per heavy atom. The third-order valence-corrected chi connectivity index (χ3v) is 11.6. The third kappa shape index (κ3) is 16.3. The van der Waals surface area contributed by atoms with Crippen molar-refractivity contribution < 1.29 is 37.2 Å². The highest BCUT2D eigenvalue weighted by atomic mass is 35.7. The Balaban J connectivity index is 0.000000268. The third-order valence-electron chi connectivity index (χ3n) is 10.4. The van der Waals surface area contributed by atoms with Crippen LogP contribution in [0.3, 0.4) is 0 Å². The van der Waals surface area contributed by atoms with Crippen LogP contribution in [0.2, 0.25) is 0 Å². The molecule has 22 nitrogen and oxygen atoms in total. The van der Waals surface area contributed by atoms with Crippen molar-refractivity contribution in [2.45, 2.75) is 59.3 Å². The van der Waals surface area contributed by atoms with Crippen LogP contribution in [0.4, 0.5) is 11.6 Å². The number of nitrogens with two attached hydrogens (primary N) is 2. The molecule has 374 valence electrons. The molecule has 4 heterocycles. The van der Waals surface area contributed by atoms with Gasteiger partial charge >= 0.3 is 23.4 Å². The van der Waals surface area contributed by atoms with E-state index >= 15 is 0 Å². The molecule has 0 amide bonds. The number of rotatable bonds is 21. The Morgan fingerprint density at radius 2 is 1.18 bits per heavy atom. The number of sulfonamides is 1. The van der Waals surface area contributed by atoms with Crippen molar-refractivity contribution in [3.05, 3.63) is 91.8 Å². The number of benzene rings is 2. The summed E-state index contributed by atoms with van der Waals surface area (Å²) in [5.74, 6) is 1.57. The lowest BCUT2D eigenvalue weighted by Gasteiger charge is -2.20. The first kappa shape index (κ1) is 53.3. The second-order valence-corrected chi connectivity index (χ2v) is 21.3. The van der Waals surface area contributed by atoms with Crippen molar-refractivity contribution >= 4 is 63.7 Å². The van der Waals surface area contributed by atoms with Crippen LogP contribution in [0, 0.1) is 11.8 Å². The Morgan fingerprint density at radius 1 is 0.735 bits per heavy atom. The minimum atomic E-state index is -3.32. The van der Waals surface area contributed by atoms with Gasteiger partial charge in [-0.3, -0.25) is 9.13 Å².